The van der Waals surface area contributed by atoms with Gasteiger partial charge in [-0.25, -0.2) is 4.79 Å². The number of nitrogens with one attached hydrogen (secondary N) is 3. The SMILES string of the molecule is CNCCCNC(=O)Nc1ccc(CC(=O)O)nc1. The highest BCUT2D eigenvalue weighted by molar-refractivity contribution is 5.88. The fourth-order valence-electron chi connectivity index (χ4n) is 1.40. The number of aromatic nitrogens is 1. The molecule has 0 aromatic carbocycles. The van der Waals surface area contributed by atoms with E-state index in [2.05, 4.69) is 20.9 Å². The maximum absolute atomic E-state index is 11.5. The molecule has 104 valence electrons. The molecule has 0 spiro atoms. The van der Waals surface area contributed by atoms with E-state index in [-0.39, 0.29) is 12.5 Å². The average molecular weight is 266 g/mol. The monoisotopic (exact) mass is 266 g/mol. The van der Waals surface area contributed by atoms with Gasteiger partial charge < -0.3 is 21.1 Å². The number of carbonyl (C=O) groups is 2. The summed E-state index contributed by atoms with van der Waals surface area (Å²) in [5.74, 6) is -0.935. The quantitative estimate of drug-likeness (QED) is 0.536. The van der Waals surface area contributed by atoms with E-state index in [1.165, 1.54) is 6.20 Å². The lowest BCUT2D eigenvalue weighted by molar-refractivity contribution is -0.136. The fourth-order valence-corrected chi connectivity index (χ4v) is 1.40. The first-order valence-corrected chi connectivity index (χ1v) is 5.98. The molecule has 4 N–H and O–H groups in total. The summed E-state index contributed by atoms with van der Waals surface area (Å²) in [4.78, 5) is 25.9. The number of aliphatic carboxylic acids is 1. The van der Waals surface area contributed by atoms with Crippen LogP contribution in [0.4, 0.5) is 10.5 Å². The van der Waals surface area contributed by atoms with Crippen LogP contribution in [-0.4, -0.2) is 42.2 Å². The Kier molecular flexibility index (Phi) is 6.31. The molecule has 0 aliphatic carbocycles. The molecule has 0 radical (unpaired) electrons. The number of nitrogens with zero attached hydrogens (tertiary/aromatic N) is 1. The summed E-state index contributed by atoms with van der Waals surface area (Å²) < 4.78 is 0. The summed E-state index contributed by atoms with van der Waals surface area (Å²) in [6.45, 7) is 1.42. The van der Waals surface area contributed by atoms with Gasteiger partial charge in [0.15, 0.2) is 0 Å². The van der Waals surface area contributed by atoms with Crippen LogP contribution < -0.4 is 16.0 Å². The summed E-state index contributed by atoms with van der Waals surface area (Å²) >= 11 is 0. The van der Waals surface area contributed by atoms with Crippen molar-refractivity contribution in [2.75, 3.05) is 25.5 Å². The van der Waals surface area contributed by atoms with Crippen LogP contribution in [0.25, 0.3) is 0 Å². The first-order valence-electron chi connectivity index (χ1n) is 5.98. The molecule has 0 saturated heterocycles. The molecule has 0 atom stereocenters. The van der Waals surface area contributed by atoms with Crippen LogP contribution in [0.1, 0.15) is 12.1 Å². The van der Waals surface area contributed by atoms with Crippen molar-refractivity contribution in [3.8, 4) is 0 Å². The summed E-state index contributed by atoms with van der Waals surface area (Å²) in [7, 11) is 1.85. The van der Waals surface area contributed by atoms with Gasteiger partial charge >= 0.3 is 12.0 Å². The van der Waals surface area contributed by atoms with Crippen molar-refractivity contribution in [2.45, 2.75) is 12.8 Å². The van der Waals surface area contributed by atoms with Gasteiger partial charge in [0.1, 0.15) is 0 Å². The molecule has 1 aromatic rings. The molecule has 1 rings (SSSR count). The summed E-state index contributed by atoms with van der Waals surface area (Å²) in [6, 6.07) is 2.90. The van der Waals surface area contributed by atoms with E-state index in [1.54, 1.807) is 12.1 Å². The van der Waals surface area contributed by atoms with Gasteiger partial charge in [0, 0.05) is 6.54 Å². The molecule has 1 heterocycles. The number of hydrogen-bond acceptors (Lipinski definition) is 4. The van der Waals surface area contributed by atoms with Crippen molar-refractivity contribution in [3.63, 3.8) is 0 Å². The van der Waals surface area contributed by atoms with E-state index in [4.69, 9.17) is 5.11 Å². The minimum absolute atomic E-state index is 0.128. The summed E-state index contributed by atoms with van der Waals surface area (Å²) in [5.41, 5.74) is 0.979. The first-order chi connectivity index (χ1) is 9.11. The molecule has 7 heteroatoms. The third-order valence-electron chi connectivity index (χ3n) is 2.30. The van der Waals surface area contributed by atoms with Crippen molar-refractivity contribution < 1.29 is 14.7 Å². The van der Waals surface area contributed by atoms with Crippen LogP contribution in [0.3, 0.4) is 0 Å². The Morgan fingerprint density at radius 1 is 1.32 bits per heavy atom. The van der Waals surface area contributed by atoms with Crippen LogP contribution in [-0.2, 0) is 11.2 Å². The van der Waals surface area contributed by atoms with E-state index in [1.807, 2.05) is 7.05 Å². The Morgan fingerprint density at radius 2 is 2.11 bits per heavy atom. The second-order valence-corrected chi connectivity index (χ2v) is 3.95. The number of hydrogen-bond donors (Lipinski definition) is 4. The molecule has 0 saturated carbocycles. The molecule has 0 bridgehead atoms. The molecule has 7 nitrogen and oxygen atoms in total. The molecule has 0 unspecified atom stereocenters. The standard InChI is InChI=1S/C12H18N4O3/c1-13-5-2-6-14-12(19)16-10-4-3-9(15-8-10)7-11(17)18/h3-4,8,13H,2,5-7H2,1H3,(H,17,18)(H2,14,16,19). The van der Waals surface area contributed by atoms with Gasteiger partial charge in [0.25, 0.3) is 0 Å². The Morgan fingerprint density at radius 3 is 2.68 bits per heavy atom. The number of carboxylic acids is 1. The minimum Gasteiger partial charge on any atom is -0.481 e. The van der Waals surface area contributed by atoms with Crippen LogP contribution in [0.5, 0.6) is 0 Å². The summed E-state index contributed by atoms with van der Waals surface area (Å²) in [6.07, 6.45) is 2.15. The smallest absolute Gasteiger partial charge is 0.319 e. The largest absolute Gasteiger partial charge is 0.481 e. The Bertz CT molecular complexity index is 419. The first kappa shape index (κ1) is 14.9. The Balaban J connectivity index is 2.36. The van der Waals surface area contributed by atoms with E-state index in [9.17, 15) is 9.59 Å². The van der Waals surface area contributed by atoms with E-state index < -0.39 is 5.97 Å². The Hall–Kier alpha value is -2.15. The number of urea groups is 1. The maximum atomic E-state index is 11.5. The Labute approximate surface area is 111 Å². The highest BCUT2D eigenvalue weighted by Gasteiger charge is 2.04. The topological polar surface area (TPSA) is 103 Å². The fraction of sp³-hybridized carbons (Fsp3) is 0.417. The molecule has 19 heavy (non-hydrogen) atoms. The highest BCUT2D eigenvalue weighted by atomic mass is 16.4. The molecule has 0 aliphatic heterocycles. The second kappa shape index (κ2) is 8.04. The lowest BCUT2D eigenvalue weighted by Gasteiger charge is -2.07. The number of carbonyl (C=O) groups excluding carboxylic acids is 1. The van der Waals surface area contributed by atoms with Crippen molar-refractivity contribution in [1.82, 2.24) is 15.6 Å². The predicted molar refractivity (Wildman–Crippen MR) is 71.1 cm³/mol. The second-order valence-electron chi connectivity index (χ2n) is 3.95. The molecule has 2 amide bonds. The highest BCUT2D eigenvalue weighted by Crippen LogP contribution is 2.06. The number of rotatable bonds is 7. The number of pyridine rings is 1. The molecule has 0 fully saturated rings. The van der Waals surface area contributed by atoms with Crippen LogP contribution in [0.15, 0.2) is 18.3 Å². The van der Waals surface area contributed by atoms with E-state index >= 15 is 0 Å². The lowest BCUT2D eigenvalue weighted by atomic mass is 10.2. The molecular weight excluding hydrogens is 248 g/mol. The average Bonchev–Trinajstić information content (AvgIpc) is 2.36. The van der Waals surface area contributed by atoms with Crippen molar-refractivity contribution in [2.24, 2.45) is 0 Å². The van der Waals surface area contributed by atoms with Gasteiger partial charge in [-0.2, -0.15) is 0 Å². The van der Waals surface area contributed by atoms with Crippen molar-refractivity contribution in [3.05, 3.63) is 24.0 Å². The third-order valence-corrected chi connectivity index (χ3v) is 2.30. The minimum atomic E-state index is -0.935. The van der Waals surface area contributed by atoms with E-state index in [0.717, 1.165) is 13.0 Å². The number of amides is 2. The molecular formula is C12H18N4O3. The van der Waals surface area contributed by atoms with Crippen LogP contribution in [0.2, 0.25) is 0 Å². The maximum Gasteiger partial charge on any atom is 0.319 e. The zero-order chi connectivity index (χ0) is 14.1. The normalized spacial score (nSPS) is 9.95. The van der Waals surface area contributed by atoms with Gasteiger partial charge in [0.05, 0.1) is 24.0 Å². The molecule has 0 aliphatic rings. The number of carboxylic acid groups (broad SMARTS) is 1. The van der Waals surface area contributed by atoms with Gasteiger partial charge in [-0.3, -0.25) is 9.78 Å². The van der Waals surface area contributed by atoms with Crippen molar-refractivity contribution >= 4 is 17.7 Å². The lowest BCUT2D eigenvalue weighted by Crippen LogP contribution is -2.30. The van der Waals surface area contributed by atoms with Crippen LogP contribution in [0, 0.1) is 0 Å². The van der Waals surface area contributed by atoms with Gasteiger partial charge in [-0.05, 0) is 32.1 Å². The number of anilines is 1. The zero-order valence-corrected chi connectivity index (χ0v) is 10.8. The van der Waals surface area contributed by atoms with Crippen LogP contribution >= 0.6 is 0 Å². The van der Waals surface area contributed by atoms with Crippen molar-refractivity contribution in [1.29, 1.82) is 0 Å². The zero-order valence-electron chi connectivity index (χ0n) is 10.8. The third kappa shape index (κ3) is 6.37. The predicted octanol–water partition coefficient (Wildman–Crippen LogP) is 0.440. The van der Waals surface area contributed by atoms with Gasteiger partial charge in [0.2, 0.25) is 0 Å². The van der Waals surface area contributed by atoms with Gasteiger partial charge in [-0.15, -0.1) is 0 Å². The summed E-state index contributed by atoms with van der Waals surface area (Å²) in [5, 5.41) is 16.9. The molecule has 1 aromatic heterocycles. The van der Waals surface area contributed by atoms with E-state index in [0.29, 0.717) is 17.9 Å². The van der Waals surface area contributed by atoms with Gasteiger partial charge in [-0.1, -0.05) is 0 Å².